The number of benzene rings is 1. The number of nitrogens with zero attached hydrogens (tertiary/aromatic N) is 1. The summed E-state index contributed by atoms with van der Waals surface area (Å²) in [6.45, 7) is 5.57. The van der Waals surface area contributed by atoms with Gasteiger partial charge in [0.05, 0.1) is 5.56 Å². The fourth-order valence-corrected chi connectivity index (χ4v) is 4.56. The fourth-order valence-electron chi connectivity index (χ4n) is 2.80. The Bertz CT molecular complexity index is 470. The van der Waals surface area contributed by atoms with Crippen LogP contribution in [0.5, 0.6) is 0 Å². The highest BCUT2D eigenvalue weighted by Gasteiger charge is 2.35. The first kappa shape index (κ1) is 15.4. The average Bonchev–Trinajstić information content (AvgIpc) is 2.38. The SMILES string of the molecule is CN(Cc1ccc(C(=O)O)cc1)C1CSCCC1(C)C. The maximum absolute atomic E-state index is 10.9. The first-order valence-corrected chi connectivity index (χ1v) is 8.16. The third-order valence-electron chi connectivity index (χ3n) is 4.23. The Labute approximate surface area is 125 Å². The molecular weight excluding hydrogens is 270 g/mol. The highest BCUT2D eigenvalue weighted by Crippen LogP contribution is 2.37. The molecule has 110 valence electrons. The fraction of sp³-hybridized carbons (Fsp3) is 0.562. The van der Waals surface area contributed by atoms with Crippen molar-refractivity contribution < 1.29 is 9.90 Å². The van der Waals surface area contributed by atoms with Crippen LogP contribution in [0.4, 0.5) is 0 Å². The van der Waals surface area contributed by atoms with Crippen molar-refractivity contribution in [2.45, 2.75) is 32.9 Å². The molecule has 1 saturated heterocycles. The maximum atomic E-state index is 10.9. The summed E-state index contributed by atoms with van der Waals surface area (Å²) in [4.78, 5) is 13.3. The van der Waals surface area contributed by atoms with E-state index in [9.17, 15) is 4.79 Å². The van der Waals surface area contributed by atoms with Gasteiger partial charge in [0.25, 0.3) is 0 Å². The molecule has 1 aliphatic heterocycles. The Morgan fingerprint density at radius 1 is 1.40 bits per heavy atom. The van der Waals surface area contributed by atoms with E-state index < -0.39 is 5.97 Å². The number of hydrogen-bond acceptors (Lipinski definition) is 3. The summed E-state index contributed by atoms with van der Waals surface area (Å²) in [7, 11) is 2.17. The van der Waals surface area contributed by atoms with Crippen molar-refractivity contribution in [1.29, 1.82) is 0 Å². The molecule has 2 rings (SSSR count). The molecule has 0 bridgehead atoms. The van der Waals surface area contributed by atoms with Crippen LogP contribution >= 0.6 is 11.8 Å². The van der Waals surface area contributed by atoms with Crippen LogP contribution in [0, 0.1) is 5.41 Å². The van der Waals surface area contributed by atoms with E-state index in [1.54, 1.807) is 12.1 Å². The third kappa shape index (κ3) is 3.55. The van der Waals surface area contributed by atoms with Crippen LogP contribution in [0.15, 0.2) is 24.3 Å². The van der Waals surface area contributed by atoms with Crippen LogP contribution in [0.25, 0.3) is 0 Å². The van der Waals surface area contributed by atoms with E-state index in [2.05, 4.69) is 25.8 Å². The minimum absolute atomic E-state index is 0.348. The van der Waals surface area contributed by atoms with E-state index in [-0.39, 0.29) is 0 Å². The van der Waals surface area contributed by atoms with Crippen molar-refractivity contribution in [1.82, 2.24) is 4.90 Å². The first-order chi connectivity index (χ1) is 9.40. The van der Waals surface area contributed by atoms with Crippen molar-refractivity contribution in [3.8, 4) is 0 Å². The topological polar surface area (TPSA) is 40.5 Å². The molecule has 3 nitrogen and oxygen atoms in total. The summed E-state index contributed by atoms with van der Waals surface area (Å²) in [6, 6.07) is 7.78. The number of carboxylic acid groups (broad SMARTS) is 1. The molecule has 1 aromatic carbocycles. The Morgan fingerprint density at radius 3 is 2.60 bits per heavy atom. The van der Waals surface area contributed by atoms with Crippen LogP contribution in [-0.2, 0) is 6.54 Å². The molecule has 1 N–H and O–H groups in total. The average molecular weight is 293 g/mol. The molecule has 1 aromatic rings. The smallest absolute Gasteiger partial charge is 0.335 e. The molecule has 1 atom stereocenters. The predicted octanol–water partition coefficient (Wildman–Crippen LogP) is 3.35. The lowest BCUT2D eigenvalue weighted by Gasteiger charge is -2.43. The highest BCUT2D eigenvalue weighted by atomic mass is 32.2. The van der Waals surface area contributed by atoms with Crippen molar-refractivity contribution in [3.05, 3.63) is 35.4 Å². The van der Waals surface area contributed by atoms with E-state index in [0.29, 0.717) is 17.0 Å². The third-order valence-corrected chi connectivity index (χ3v) is 5.28. The standard InChI is InChI=1S/C16H23NO2S/c1-16(2)8-9-20-11-14(16)17(3)10-12-4-6-13(7-5-12)15(18)19/h4-7,14H,8-11H2,1-3H3,(H,18,19). The van der Waals surface area contributed by atoms with E-state index in [4.69, 9.17) is 5.11 Å². The van der Waals surface area contributed by atoms with Gasteiger partial charge in [0.1, 0.15) is 0 Å². The zero-order valence-electron chi connectivity index (χ0n) is 12.4. The van der Waals surface area contributed by atoms with Gasteiger partial charge in [-0.25, -0.2) is 4.79 Å². The van der Waals surface area contributed by atoms with Gasteiger partial charge in [0, 0.05) is 18.3 Å². The first-order valence-electron chi connectivity index (χ1n) is 7.00. The van der Waals surface area contributed by atoms with Crippen LogP contribution in [0.1, 0.15) is 36.2 Å². The molecule has 0 saturated carbocycles. The summed E-state index contributed by atoms with van der Waals surface area (Å²) in [6.07, 6.45) is 1.25. The number of carbonyl (C=O) groups is 1. The minimum Gasteiger partial charge on any atom is -0.478 e. The highest BCUT2D eigenvalue weighted by molar-refractivity contribution is 7.99. The lowest BCUT2D eigenvalue weighted by molar-refractivity contribution is 0.0697. The molecule has 1 unspecified atom stereocenters. The van der Waals surface area contributed by atoms with Crippen molar-refractivity contribution in [2.75, 3.05) is 18.6 Å². The van der Waals surface area contributed by atoms with Crippen molar-refractivity contribution >= 4 is 17.7 Å². The van der Waals surface area contributed by atoms with Gasteiger partial charge in [-0.15, -0.1) is 0 Å². The monoisotopic (exact) mass is 293 g/mol. The number of rotatable bonds is 4. The zero-order chi connectivity index (χ0) is 14.8. The second kappa shape index (κ2) is 6.19. The van der Waals surface area contributed by atoms with E-state index in [0.717, 1.165) is 6.54 Å². The van der Waals surface area contributed by atoms with Gasteiger partial charge in [-0.05, 0) is 42.3 Å². The Hall–Kier alpha value is -1.00. The van der Waals surface area contributed by atoms with Crippen LogP contribution in [-0.4, -0.2) is 40.6 Å². The van der Waals surface area contributed by atoms with E-state index >= 15 is 0 Å². The molecule has 4 heteroatoms. The summed E-state index contributed by atoms with van der Waals surface area (Å²) in [5.41, 5.74) is 1.87. The van der Waals surface area contributed by atoms with Crippen molar-refractivity contribution in [2.24, 2.45) is 5.41 Å². The largest absolute Gasteiger partial charge is 0.478 e. The Kier molecular flexibility index (Phi) is 4.76. The molecule has 1 fully saturated rings. The van der Waals surface area contributed by atoms with Gasteiger partial charge in [-0.1, -0.05) is 26.0 Å². The number of thioether (sulfide) groups is 1. The summed E-state index contributed by atoms with van der Waals surface area (Å²) in [5, 5.41) is 8.92. The second-order valence-electron chi connectivity index (χ2n) is 6.25. The van der Waals surface area contributed by atoms with Gasteiger partial charge in [0.15, 0.2) is 0 Å². The minimum atomic E-state index is -0.866. The van der Waals surface area contributed by atoms with Crippen molar-refractivity contribution in [3.63, 3.8) is 0 Å². The molecule has 0 amide bonds. The number of carboxylic acids is 1. The molecule has 0 spiro atoms. The predicted molar refractivity (Wildman–Crippen MR) is 84.4 cm³/mol. The summed E-state index contributed by atoms with van der Waals surface area (Å²) < 4.78 is 0. The van der Waals surface area contributed by atoms with E-state index in [1.807, 2.05) is 23.9 Å². The van der Waals surface area contributed by atoms with Crippen LogP contribution in [0.2, 0.25) is 0 Å². The van der Waals surface area contributed by atoms with E-state index in [1.165, 1.54) is 23.5 Å². The van der Waals surface area contributed by atoms with Crippen LogP contribution in [0.3, 0.4) is 0 Å². The molecule has 1 aliphatic rings. The van der Waals surface area contributed by atoms with Gasteiger partial charge in [0.2, 0.25) is 0 Å². The number of hydrogen-bond donors (Lipinski definition) is 1. The summed E-state index contributed by atoms with van der Waals surface area (Å²) >= 11 is 2.03. The normalized spacial score (nSPS) is 21.9. The molecule has 20 heavy (non-hydrogen) atoms. The Morgan fingerprint density at radius 2 is 2.05 bits per heavy atom. The lowest BCUT2D eigenvalue weighted by Crippen LogP contribution is -2.47. The van der Waals surface area contributed by atoms with Gasteiger partial charge in [-0.3, -0.25) is 4.90 Å². The zero-order valence-corrected chi connectivity index (χ0v) is 13.2. The second-order valence-corrected chi connectivity index (χ2v) is 7.40. The molecule has 1 heterocycles. The molecule has 0 radical (unpaired) electrons. The van der Waals surface area contributed by atoms with Crippen LogP contribution < -0.4 is 0 Å². The van der Waals surface area contributed by atoms with Gasteiger partial charge < -0.3 is 5.11 Å². The van der Waals surface area contributed by atoms with Gasteiger partial charge in [-0.2, -0.15) is 11.8 Å². The number of aromatic carboxylic acids is 1. The quantitative estimate of drug-likeness (QED) is 0.924. The van der Waals surface area contributed by atoms with Gasteiger partial charge >= 0.3 is 5.97 Å². The molecule has 0 aromatic heterocycles. The molecular formula is C16H23NO2S. The maximum Gasteiger partial charge on any atom is 0.335 e. The lowest BCUT2D eigenvalue weighted by atomic mass is 9.81. The molecule has 0 aliphatic carbocycles. The summed E-state index contributed by atoms with van der Waals surface area (Å²) in [5.74, 6) is 1.57. The Balaban J connectivity index is 2.03.